The topological polar surface area (TPSA) is 35.2 Å². The van der Waals surface area contributed by atoms with Gasteiger partial charge < -0.3 is 10.5 Å². The van der Waals surface area contributed by atoms with E-state index in [1.165, 1.54) is 17.8 Å². The molecule has 0 heterocycles. The summed E-state index contributed by atoms with van der Waals surface area (Å²) < 4.78 is 19.1. The molecule has 0 fully saturated rings. The Morgan fingerprint density at radius 2 is 1.95 bits per heavy atom. The molecule has 0 aliphatic rings. The molecule has 2 nitrogen and oxygen atoms in total. The largest absolute Gasteiger partial charge is 0.490 e. The van der Waals surface area contributed by atoms with E-state index in [1.54, 1.807) is 6.07 Å². The molecule has 0 aromatic heterocycles. The first-order chi connectivity index (χ1) is 9.20. The van der Waals surface area contributed by atoms with Crippen LogP contribution in [0.25, 0.3) is 0 Å². The zero-order valence-corrected chi connectivity index (χ0v) is 11.5. The predicted octanol–water partition coefficient (Wildman–Crippen LogP) is 4.35. The van der Waals surface area contributed by atoms with Gasteiger partial charge in [0.25, 0.3) is 0 Å². The van der Waals surface area contributed by atoms with Crippen LogP contribution in [-0.4, -0.2) is 6.61 Å². The number of rotatable bonds is 5. The van der Waals surface area contributed by atoms with Gasteiger partial charge in [0.15, 0.2) is 11.6 Å². The molecular weight excluding hydrogens is 261 g/mol. The lowest BCUT2D eigenvalue weighted by molar-refractivity contribution is 0.300. The molecule has 100 valence electrons. The van der Waals surface area contributed by atoms with Crippen LogP contribution in [0.15, 0.2) is 52.3 Å². The quantitative estimate of drug-likeness (QED) is 0.825. The molecule has 0 saturated carbocycles. The summed E-state index contributed by atoms with van der Waals surface area (Å²) in [5.41, 5.74) is 6.28. The summed E-state index contributed by atoms with van der Waals surface area (Å²) in [6.07, 6.45) is 0.838. The van der Waals surface area contributed by atoms with Crippen molar-refractivity contribution in [3.05, 3.63) is 48.3 Å². The lowest BCUT2D eigenvalue weighted by Crippen LogP contribution is -1.99. The van der Waals surface area contributed by atoms with Crippen LogP contribution in [0.2, 0.25) is 0 Å². The summed E-state index contributed by atoms with van der Waals surface area (Å²) >= 11 is 1.50. The normalized spacial score (nSPS) is 10.4. The van der Waals surface area contributed by atoms with Crippen molar-refractivity contribution in [3.63, 3.8) is 0 Å². The standard InChI is InChI=1S/C15H16FNOS/c1-2-8-18-14-10-15(13(17)9-12(14)16)19-11-6-4-3-5-7-11/h3-7,9-10H,2,8,17H2,1H3. The minimum absolute atomic E-state index is 0.259. The predicted molar refractivity (Wildman–Crippen MR) is 77.2 cm³/mol. The molecule has 2 aromatic rings. The number of hydrogen-bond donors (Lipinski definition) is 1. The summed E-state index contributed by atoms with van der Waals surface area (Å²) in [5.74, 6) is -0.155. The first kappa shape index (κ1) is 13.7. The maximum atomic E-state index is 13.7. The lowest BCUT2D eigenvalue weighted by Gasteiger charge is -2.10. The van der Waals surface area contributed by atoms with Crippen LogP contribution in [0.4, 0.5) is 10.1 Å². The zero-order valence-electron chi connectivity index (χ0n) is 10.7. The highest BCUT2D eigenvalue weighted by atomic mass is 32.2. The third-order valence-corrected chi connectivity index (χ3v) is 3.58. The van der Waals surface area contributed by atoms with Gasteiger partial charge >= 0.3 is 0 Å². The van der Waals surface area contributed by atoms with Crippen LogP contribution in [-0.2, 0) is 0 Å². The highest BCUT2D eigenvalue weighted by molar-refractivity contribution is 7.99. The highest BCUT2D eigenvalue weighted by Gasteiger charge is 2.10. The minimum Gasteiger partial charge on any atom is -0.490 e. The van der Waals surface area contributed by atoms with Crippen LogP contribution in [0, 0.1) is 5.82 Å². The molecule has 0 radical (unpaired) electrons. The van der Waals surface area contributed by atoms with Crippen molar-refractivity contribution in [2.45, 2.75) is 23.1 Å². The molecule has 19 heavy (non-hydrogen) atoms. The fourth-order valence-electron chi connectivity index (χ4n) is 1.58. The number of benzene rings is 2. The molecule has 0 aliphatic carbocycles. The fraction of sp³-hybridized carbons (Fsp3) is 0.200. The van der Waals surface area contributed by atoms with Crippen molar-refractivity contribution in [2.24, 2.45) is 0 Å². The van der Waals surface area contributed by atoms with Gasteiger partial charge in [0.1, 0.15) is 0 Å². The fourth-order valence-corrected chi connectivity index (χ4v) is 2.47. The number of halogens is 1. The lowest BCUT2D eigenvalue weighted by atomic mass is 10.3. The van der Waals surface area contributed by atoms with E-state index in [-0.39, 0.29) is 5.75 Å². The van der Waals surface area contributed by atoms with Gasteiger partial charge in [-0.25, -0.2) is 4.39 Å². The van der Waals surface area contributed by atoms with Gasteiger partial charge in [-0.05, 0) is 24.6 Å². The molecule has 2 aromatic carbocycles. The molecule has 4 heteroatoms. The van der Waals surface area contributed by atoms with Gasteiger partial charge in [0.2, 0.25) is 0 Å². The Morgan fingerprint density at radius 3 is 2.63 bits per heavy atom. The number of ether oxygens (including phenoxy) is 1. The number of hydrogen-bond acceptors (Lipinski definition) is 3. The summed E-state index contributed by atoms with van der Waals surface area (Å²) in [4.78, 5) is 1.86. The van der Waals surface area contributed by atoms with Crippen LogP contribution < -0.4 is 10.5 Å². The molecule has 0 amide bonds. The Bertz CT molecular complexity index is 545. The van der Waals surface area contributed by atoms with Crippen LogP contribution in [0.1, 0.15) is 13.3 Å². The highest BCUT2D eigenvalue weighted by Crippen LogP contribution is 2.36. The molecular formula is C15H16FNOS. The summed E-state index contributed by atoms with van der Waals surface area (Å²) in [5, 5.41) is 0. The SMILES string of the molecule is CCCOc1cc(Sc2ccccc2)c(N)cc1F. The average molecular weight is 277 g/mol. The van der Waals surface area contributed by atoms with E-state index in [4.69, 9.17) is 10.5 Å². The van der Waals surface area contributed by atoms with Crippen molar-refractivity contribution in [1.29, 1.82) is 0 Å². The molecule has 0 unspecified atom stereocenters. The summed E-state index contributed by atoms with van der Waals surface area (Å²) in [6.45, 7) is 2.48. The zero-order chi connectivity index (χ0) is 13.7. The van der Waals surface area contributed by atoms with E-state index < -0.39 is 5.82 Å². The first-order valence-electron chi connectivity index (χ1n) is 6.15. The Hall–Kier alpha value is -1.68. The monoisotopic (exact) mass is 277 g/mol. The van der Waals surface area contributed by atoms with Gasteiger partial charge in [-0.1, -0.05) is 36.9 Å². The van der Waals surface area contributed by atoms with Gasteiger partial charge in [-0.2, -0.15) is 0 Å². The van der Waals surface area contributed by atoms with Crippen molar-refractivity contribution in [2.75, 3.05) is 12.3 Å². The molecule has 2 rings (SSSR count). The van der Waals surface area contributed by atoms with Crippen molar-refractivity contribution in [3.8, 4) is 5.75 Å². The molecule has 0 aliphatic heterocycles. The van der Waals surface area contributed by atoms with Gasteiger partial charge in [-0.3, -0.25) is 0 Å². The summed E-state index contributed by atoms with van der Waals surface area (Å²) in [6, 6.07) is 12.8. The van der Waals surface area contributed by atoms with E-state index in [9.17, 15) is 4.39 Å². The van der Waals surface area contributed by atoms with E-state index in [1.807, 2.05) is 37.3 Å². The van der Waals surface area contributed by atoms with Crippen LogP contribution in [0.5, 0.6) is 5.75 Å². The maximum Gasteiger partial charge on any atom is 0.167 e. The smallest absolute Gasteiger partial charge is 0.167 e. The minimum atomic E-state index is -0.414. The van der Waals surface area contributed by atoms with Crippen LogP contribution in [0.3, 0.4) is 0 Å². The maximum absolute atomic E-state index is 13.7. The second-order valence-corrected chi connectivity index (χ2v) is 5.20. The van der Waals surface area contributed by atoms with Gasteiger partial charge in [-0.15, -0.1) is 0 Å². The molecule has 0 saturated heterocycles. The Labute approximate surface area is 116 Å². The number of nitrogens with two attached hydrogens (primary N) is 1. The van der Waals surface area contributed by atoms with E-state index in [0.717, 1.165) is 16.2 Å². The molecule has 0 spiro atoms. The second kappa shape index (κ2) is 6.48. The number of nitrogen functional groups attached to an aromatic ring is 1. The van der Waals surface area contributed by atoms with E-state index >= 15 is 0 Å². The van der Waals surface area contributed by atoms with Gasteiger partial charge in [0, 0.05) is 21.5 Å². The van der Waals surface area contributed by atoms with Crippen LogP contribution >= 0.6 is 11.8 Å². The summed E-state index contributed by atoms with van der Waals surface area (Å²) in [7, 11) is 0. The Kier molecular flexibility index (Phi) is 4.68. The number of anilines is 1. The van der Waals surface area contributed by atoms with Crippen molar-refractivity contribution >= 4 is 17.4 Å². The average Bonchev–Trinajstić information content (AvgIpc) is 2.42. The Morgan fingerprint density at radius 1 is 1.21 bits per heavy atom. The third-order valence-electron chi connectivity index (χ3n) is 2.50. The third kappa shape index (κ3) is 3.64. The van der Waals surface area contributed by atoms with Crippen molar-refractivity contribution in [1.82, 2.24) is 0 Å². The van der Waals surface area contributed by atoms with E-state index in [2.05, 4.69) is 0 Å². The van der Waals surface area contributed by atoms with E-state index in [0.29, 0.717) is 12.3 Å². The molecule has 0 atom stereocenters. The molecule has 0 bridgehead atoms. The van der Waals surface area contributed by atoms with Gasteiger partial charge in [0.05, 0.1) is 6.61 Å². The second-order valence-electron chi connectivity index (χ2n) is 4.08. The Balaban J connectivity index is 2.24. The molecule has 2 N–H and O–H groups in total. The first-order valence-corrected chi connectivity index (χ1v) is 6.97. The van der Waals surface area contributed by atoms with Crippen molar-refractivity contribution < 1.29 is 9.13 Å².